The summed E-state index contributed by atoms with van der Waals surface area (Å²) in [5.41, 5.74) is 2.80. The van der Waals surface area contributed by atoms with Crippen molar-refractivity contribution in [1.29, 1.82) is 0 Å². The van der Waals surface area contributed by atoms with Gasteiger partial charge in [0.05, 0.1) is 24.5 Å². The number of amides is 2. The first-order chi connectivity index (χ1) is 15.5. The minimum Gasteiger partial charge on any atom is -0.379 e. The Labute approximate surface area is 190 Å². The number of piperidine rings is 1. The van der Waals surface area contributed by atoms with Crippen LogP contribution in [0.5, 0.6) is 0 Å². The predicted octanol–water partition coefficient (Wildman–Crippen LogP) is 3.89. The molecule has 0 aromatic heterocycles. The maximum Gasteiger partial charge on any atom is 0.255 e. The zero-order valence-electron chi connectivity index (χ0n) is 19.0. The summed E-state index contributed by atoms with van der Waals surface area (Å²) in [6.45, 7) is 9.99. The summed E-state index contributed by atoms with van der Waals surface area (Å²) in [5, 5.41) is 2.98. The fraction of sp³-hybridized carbons (Fsp3) is 0.462. The maximum absolute atomic E-state index is 13.3. The van der Waals surface area contributed by atoms with Crippen molar-refractivity contribution in [2.75, 3.05) is 44.7 Å². The quantitative estimate of drug-likeness (QED) is 0.774. The molecule has 2 aromatic rings. The number of nitrogens with zero attached hydrogens (tertiary/aromatic N) is 2. The van der Waals surface area contributed by atoms with Gasteiger partial charge >= 0.3 is 0 Å². The normalized spacial score (nSPS) is 21.9. The van der Waals surface area contributed by atoms with E-state index in [-0.39, 0.29) is 11.8 Å². The topological polar surface area (TPSA) is 61.9 Å². The second kappa shape index (κ2) is 10.3. The molecule has 170 valence electrons. The number of carbonyl (C=O) groups excluding carboxylic acids is 2. The molecule has 0 radical (unpaired) electrons. The van der Waals surface area contributed by atoms with Gasteiger partial charge in [-0.2, -0.15) is 0 Å². The number of nitrogens with one attached hydrogen (secondary N) is 1. The highest BCUT2D eigenvalue weighted by Gasteiger charge is 2.27. The van der Waals surface area contributed by atoms with Crippen molar-refractivity contribution in [3.63, 3.8) is 0 Å². The summed E-state index contributed by atoms with van der Waals surface area (Å²) in [4.78, 5) is 30.6. The molecular formula is C26H33N3O3. The number of carbonyl (C=O) groups is 2. The number of para-hydroxylation sites is 1. The van der Waals surface area contributed by atoms with Crippen LogP contribution in [0.2, 0.25) is 0 Å². The van der Waals surface area contributed by atoms with Gasteiger partial charge < -0.3 is 15.0 Å². The third-order valence-electron chi connectivity index (χ3n) is 6.26. The van der Waals surface area contributed by atoms with Gasteiger partial charge in [-0.3, -0.25) is 14.5 Å². The summed E-state index contributed by atoms with van der Waals surface area (Å²) in [6, 6.07) is 15.0. The molecule has 2 aliphatic heterocycles. The van der Waals surface area contributed by atoms with Crippen LogP contribution in [0.25, 0.3) is 0 Å². The first kappa shape index (κ1) is 22.5. The number of hydrogen-bond acceptors (Lipinski definition) is 4. The van der Waals surface area contributed by atoms with Gasteiger partial charge in [-0.15, -0.1) is 0 Å². The Bertz CT molecular complexity index is 945. The van der Waals surface area contributed by atoms with Gasteiger partial charge in [-0.05, 0) is 48.1 Å². The van der Waals surface area contributed by atoms with Crippen LogP contribution in [0.3, 0.4) is 0 Å². The zero-order valence-corrected chi connectivity index (χ0v) is 19.0. The highest BCUT2D eigenvalue weighted by atomic mass is 16.5. The van der Waals surface area contributed by atoms with Crippen molar-refractivity contribution >= 4 is 17.5 Å². The molecule has 0 saturated carbocycles. The van der Waals surface area contributed by atoms with Gasteiger partial charge in [0.25, 0.3) is 11.8 Å². The number of morpholine rings is 1. The second-order valence-corrected chi connectivity index (χ2v) is 9.24. The molecule has 0 aliphatic carbocycles. The lowest BCUT2D eigenvalue weighted by molar-refractivity contribution is 0.0342. The van der Waals surface area contributed by atoms with Crippen molar-refractivity contribution < 1.29 is 14.3 Å². The number of likely N-dealkylation sites (tertiary alicyclic amines) is 1. The van der Waals surface area contributed by atoms with Gasteiger partial charge in [-0.25, -0.2) is 0 Å². The molecule has 2 aromatic carbocycles. The van der Waals surface area contributed by atoms with Crippen LogP contribution in [-0.2, 0) is 11.3 Å². The van der Waals surface area contributed by atoms with E-state index in [1.54, 1.807) is 12.1 Å². The molecule has 2 saturated heterocycles. The molecule has 6 heteroatoms. The lowest BCUT2D eigenvalue weighted by Crippen LogP contribution is -2.42. The van der Waals surface area contributed by atoms with E-state index in [1.807, 2.05) is 41.3 Å². The summed E-state index contributed by atoms with van der Waals surface area (Å²) < 4.78 is 5.41. The molecule has 2 atom stereocenters. The highest BCUT2D eigenvalue weighted by Crippen LogP contribution is 2.25. The SMILES string of the molecule is CC1CC(C)CN(C(=O)c2ccccc2NC(=O)c2cccc(CN3CCOCC3)c2)C1. The molecule has 2 unspecified atom stereocenters. The Balaban J connectivity index is 1.47. The van der Waals surface area contributed by atoms with Crippen LogP contribution in [0, 0.1) is 11.8 Å². The minimum atomic E-state index is -0.200. The monoisotopic (exact) mass is 435 g/mol. The number of hydrogen-bond donors (Lipinski definition) is 1. The Hall–Kier alpha value is -2.70. The Morgan fingerprint density at radius 1 is 1.00 bits per heavy atom. The largest absolute Gasteiger partial charge is 0.379 e. The number of anilines is 1. The van der Waals surface area contributed by atoms with E-state index in [9.17, 15) is 9.59 Å². The van der Waals surface area contributed by atoms with Crippen LogP contribution in [0.1, 0.15) is 46.5 Å². The standard InChI is InChI=1S/C26H33N3O3/c1-19-14-20(2)17-29(16-19)26(31)23-8-3-4-9-24(23)27-25(30)22-7-5-6-21(15-22)18-28-10-12-32-13-11-28/h3-9,15,19-20H,10-14,16-18H2,1-2H3,(H,27,30). The molecule has 2 aliphatic rings. The molecular weight excluding hydrogens is 402 g/mol. The second-order valence-electron chi connectivity index (χ2n) is 9.24. The molecule has 1 N–H and O–H groups in total. The van der Waals surface area contributed by atoms with Gasteiger partial charge in [-0.1, -0.05) is 38.1 Å². The van der Waals surface area contributed by atoms with Crippen LogP contribution < -0.4 is 5.32 Å². The van der Waals surface area contributed by atoms with Gasteiger partial charge in [0.1, 0.15) is 0 Å². The smallest absolute Gasteiger partial charge is 0.255 e. The van der Waals surface area contributed by atoms with Crippen molar-refractivity contribution in [2.45, 2.75) is 26.8 Å². The van der Waals surface area contributed by atoms with Crippen LogP contribution in [0.4, 0.5) is 5.69 Å². The average Bonchev–Trinajstić information content (AvgIpc) is 2.79. The zero-order chi connectivity index (χ0) is 22.5. The van der Waals surface area contributed by atoms with Crippen molar-refractivity contribution in [1.82, 2.24) is 9.80 Å². The third kappa shape index (κ3) is 5.56. The summed E-state index contributed by atoms with van der Waals surface area (Å²) in [6.07, 6.45) is 1.14. The van der Waals surface area contributed by atoms with E-state index in [0.717, 1.165) is 57.9 Å². The van der Waals surface area contributed by atoms with E-state index in [2.05, 4.69) is 24.1 Å². The van der Waals surface area contributed by atoms with Crippen LogP contribution in [-0.4, -0.2) is 61.0 Å². The van der Waals surface area contributed by atoms with E-state index in [1.165, 1.54) is 0 Å². The van der Waals surface area contributed by atoms with E-state index >= 15 is 0 Å². The van der Waals surface area contributed by atoms with Crippen molar-refractivity contribution in [3.05, 3.63) is 65.2 Å². The fourth-order valence-electron chi connectivity index (χ4n) is 4.80. The lowest BCUT2D eigenvalue weighted by atomic mass is 9.91. The van der Waals surface area contributed by atoms with Gasteiger partial charge in [0, 0.05) is 38.3 Å². The molecule has 2 heterocycles. The van der Waals surface area contributed by atoms with Gasteiger partial charge in [0.15, 0.2) is 0 Å². The highest BCUT2D eigenvalue weighted by molar-refractivity contribution is 6.09. The van der Waals surface area contributed by atoms with Crippen molar-refractivity contribution in [2.24, 2.45) is 11.8 Å². The maximum atomic E-state index is 13.3. The number of ether oxygens (including phenoxy) is 1. The van der Waals surface area contributed by atoms with Crippen LogP contribution >= 0.6 is 0 Å². The third-order valence-corrected chi connectivity index (χ3v) is 6.26. The first-order valence-electron chi connectivity index (χ1n) is 11.6. The van der Waals surface area contributed by atoms with E-state index < -0.39 is 0 Å². The molecule has 0 spiro atoms. The molecule has 2 amide bonds. The summed E-state index contributed by atoms with van der Waals surface area (Å²) in [5.74, 6) is 0.757. The summed E-state index contributed by atoms with van der Waals surface area (Å²) in [7, 11) is 0. The number of benzene rings is 2. The van der Waals surface area contributed by atoms with E-state index in [0.29, 0.717) is 28.7 Å². The minimum absolute atomic E-state index is 0.0135. The Kier molecular flexibility index (Phi) is 7.22. The fourth-order valence-corrected chi connectivity index (χ4v) is 4.80. The van der Waals surface area contributed by atoms with E-state index in [4.69, 9.17) is 4.74 Å². The Morgan fingerprint density at radius 3 is 2.47 bits per heavy atom. The summed E-state index contributed by atoms with van der Waals surface area (Å²) >= 11 is 0. The molecule has 2 fully saturated rings. The van der Waals surface area contributed by atoms with Crippen molar-refractivity contribution in [3.8, 4) is 0 Å². The predicted molar refractivity (Wildman–Crippen MR) is 126 cm³/mol. The molecule has 4 rings (SSSR count). The molecule has 0 bridgehead atoms. The first-order valence-corrected chi connectivity index (χ1v) is 11.6. The van der Waals surface area contributed by atoms with Gasteiger partial charge in [0.2, 0.25) is 0 Å². The number of rotatable bonds is 5. The average molecular weight is 436 g/mol. The molecule has 6 nitrogen and oxygen atoms in total. The van der Waals surface area contributed by atoms with Crippen LogP contribution in [0.15, 0.2) is 48.5 Å². The lowest BCUT2D eigenvalue weighted by Gasteiger charge is -2.35. The Morgan fingerprint density at radius 2 is 1.72 bits per heavy atom. The molecule has 32 heavy (non-hydrogen) atoms.